The molecule has 10 heteroatoms. The molecule has 4 amide bonds. The number of nitrogens with zero attached hydrogens (tertiary/aromatic N) is 2. The van der Waals surface area contributed by atoms with Crippen molar-refractivity contribution in [1.82, 2.24) is 15.1 Å². The van der Waals surface area contributed by atoms with Gasteiger partial charge in [-0.25, -0.2) is 18.9 Å². The minimum absolute atomic E-state index is 0.00647. The summed E-state index contributed by atoms with van der Waals surface area (Å²) in [5, 5.41) is 5.31. The van der Waals surface area contributed by atoms with Crippen LogP contribution in [-0.2, 0) is 12.7 Å². The van der Waals surface area contributed by atoms with Crippen molar-refractivity contribution in [2.24, 2.45) is 0 Å². The van der Waals surface area contributed by atoms with E-state index in [0.29, 0.717) is 5.56 Å². The SMILES string of the molecule is CCN1C(=O)NC(Nc2cccc(C(F)(F)F)c2)N(Cc2ccc(F)cc2)C1=O. The molecule has 29 heavy (non-hydrogen) atoms. The number of hydrogen-bond acceptors (Lipinski definition) is 3. The van der Waals surface area contributed by atoms with Crippen molar-refractivity contribution < 1.29 is 27.2 Å². The molecule has 6 nitrogen and oxygen atoms in total. The predicted molar refractivity (Wildman–Crippen MR) is 97.1 cm³/mol. The molecule has 0 spiro atoms. The average Bonchev–Trinajstić information content (AvgIpc) is 2.66. The molecule has 0 radical (unpaired) electrons. The van der Waals surface area contributed by atoms with E-state index in [1.54, 1.807) is 6.92 Å². The smallest absolute Gasteiger partial charge is 0.348 e. The van der Waals surface area contributed by atoms with Gasteiger partial charge in [0.2, 0.25) is 0 Å². The maximum Gasteiger partial charge on any atom is 0.416 e. The molecule has 1 fully saturated rings. The van der Waals surface area contributed by atoms with E-state index in [-0.39, 0.29) is 18.8 Å². The van der Waals surface area contributed by atoms with Crippen LogP contribution in [0.3, 0.4) is 0 Å². The lowest BCUT2D eigenvalue weighted by molar-refractivity contribution is -0.137. The third-order valence-electron chi connectivity index (χ3n) is 4.37. The number of halogens is 4. The van der Waals surface area contributed by atoms with E-state index in [1.165, 1.54) is 41.3 Å². The molecule has 2 N–H and O–H groups in total. The van der Waals surface area contributed by atoms with Crippen molar-refractivity contribution in [3.8, 4) is 0 Å². The number of anilines is 1. The fourth-order valence-corrected chi connectivity index (χ4v) is 2.91. The summed E-state index contributed by atoms with van der Waals surface area (Å²) in [5.41, 5.74) is -0.203. The summed E-state index contributed by atoms with van der Waals surface area (Å²) in [6, 6.07) is 8.57. The minimum Gasteiger partial charge on any atom is -0.348 e. The normalized spacial score (nSPS) is 17.3. The summed E-state index contributed by atoms with van der Waals surface area (Å²) in [4.78, 5) is 27.2. The first-order chi connectivity index (χ1) is 13.7. The zero-order valence-corrected chi connectivity index (χ0v) is 15.3. The fourth-order valence-electron chi connectivity index (χ4n) is 2.91. The highest BCUT2D eigenvalue weighted by Crippen LogP contribution is 2.31. The van der Waals surface area contributed by atoms with Gasteiger partial charge in [-0.2, -0.15) is 13.2 Å². The Morgan fingerprint density at radius 1 is 1.10 bits per heavy atom. The van der Waals surface area contributed by atoms with Crippen molar-refractivity contribution in [3.05, 3.63) is 65.5 Å². The Balaban J connectivity index is 1.88. The van der Waals surface area contributed by atoms with E-state index in [1.807, 2.05) is 0 Å². The number of benzene rings is 2. The summed E-state index contributed by atoms with van der Waals surface area (Å²) < 4.78 is 52.1. The quantitative estimate of drug-likeness (QED) is 0.726. The van der Waals surface area contributed by atoms with Gasteiger partial charge in [0.05, 0.1) is 12.1 Å². The topological polar surface area (TPSA) is 64.7 Å². The second kappa shape index (κ2) is 7.98. The van der Waals surface area contributed by atoms with Crippen LogP contribution in [0.1, 0.15) is 18.1 Å². The molecular weight excluding hydrogens is 392 g/mol. The van der Waals surface area contributed by atoms with E-state index in [4.69, 9.17) is 0 Å². The highest BCUT2D eigenvalue weighted by molar-refractivity contribution is 5.96. The molecule has 0 aromatic heterocycles. The van der Waals surface area contributed by atoms with Crippen molar-refractivity contribution in [2.45, 2.75) is 25.9 Å². The highest BCUT2D eigenvalue weighted by Gasteiger charge is 2.38. The molecule has 1 aliphatic heterocycles. The Bertz CT molecular complexity index is 902. The lowest BCUT2D eigenvalue weighted by Crippen LogP contribution is -2.66. The maximum atomic E-state index is 13.2. The summed E-state index contributed by atoms with van der Waals surface area (Å²) in [6.07, 6.45) is -5.62. The fraction of sp³-hybridized carbons (Fsp3) is 0.263. The van der Waals surface area contributed by atoms with E-state index in [9.17, 15) is 27.2 Å². The van der Waals surface area contributed by atoms with E-state index in [2.05, 4.69) is 10.6 Å². The summed E-state index contributed by atoms with van der Waals surface area (Å²) >= 11 is 0. The zero-order chi connectivity index (χ0) is 21.2. The van der Waals surface area contributed by atoms with Crippen LogP contribution in [0, 0.1) is 5.82 Å². The van der Waals surface area contributed by atoms with Crippen LogP contribution in [0.25, 0.3) is 0 Å². The highest BCUT2D eigenvalue weighted by atomic mass is 19.4. The van der Waals surface area contributed by atoms with Crippen LogP contribution >= 0.6 is 0 Å². The molecule has 2 aromatic rings. The van der Waals surface area contributed by atoms with Crippen molar-refractivity contribution in [3.63, 3.8) is 0 Å². The van der Waals surface area contributed by atoms with Gasteiger partial charge in [-0.05, 0) is 42.8 Å². The van der Waals surface area contributed by atoms with E-state index >= 15 is 0 Å². The number of carbonyl (C=O) groups is 2. The molecule has 0 aliphatic carbocycles. The first kappa shape index (κ1) is 20.4. The summed E-state index contributed by atoms with van der Waals surface area (Å²) in [6.45, 7) is 1.74. The third kappa shape index (κ3) is 4.58. The molecule has 154 valence electrons. The van der Waals surface area contributed by atoms with Crippen LogP contribution < -0.4 is 10.6 Å². The Kier molecular flexibility index (Phi) is 5.62. The molecule has 3 rings (SSSR count). The third-order valence-corrected chi connectivity index (χ3v) is 4.37. The van der Waals surface area contributed by atoms with E-state index in [0.717, 1.165) is 17.0 Å². The second-order valence-corrected chi connectivity index (χ2v) is 6.36. The van der Waals surface area contributed by atoms with Crippen molar-refractivity contribution in [1.29, 1.82) is 0 Å². The summed E-state index contributed by atoms with van der Waals surface area (Å²) in [7, 11) is 0. The van der Waals surface area contributed by atoms with E-state index < -0.39 is 35.9 Å². The van der Waals surface area contributed by atoms with Gasteiger partial charge in [0.25, 0.3) is 0 Å². The van der Waals surface area contributed by atoms with Crippen molar-refractivity contribution >= 4 is 17.7 Å². The average molecular weight is 410 g/mol. The Morgan fingerprint density at radius 3 is 2.41 bits per heavy atom. The molecule has 0 bridgehead atoms. The molecule has 1 atom stereocenters. The van der Waals surface area contributed by atoms with Gasteiger partial charge in [-0.1, -0.05) is 18.2 Å². The largest absolute Gasteiger partial charge is 0.416 e. The number of imide groups is 1. The van der Waals surface area contributed by atoms with Gasteiger partial charge in [0, 0.05) is 12.2 Å². The Labute approximate surface area is 164 Å². The van der Waals surface area contributed by atoms with Gasteiger partial charge < -0.3 is 5.32 Å². The second-order valence-electron chi connectivity index (χ2n) is 6.36. The number of alkyl halides is 3. The van der Waals surface area contributed by atoms with Crippen LogP contribution in [0.15, 0.2) is 48.5 Å². The number of amides is 4. The number of rotatable bonds is 5. The van der Waals surface area contributed by atoms with Gasteiger partial charge >= 0.3 is 18.2 Å². The number of carbonyl (C=O) groups excluding carboxylic acids is 2. The molecule has 1 saturated heterocycles. The number of urea groups is 2. The van der Waals surface area contributed by atoms with Gasteiger partial charge in [-0.3, -0.25) is 10.2 Å². The molecule has 1 aliphatic rings. The number of hydrogen-bond donors (Lipinski definition) is 2. The van der Waals surface area contributed by atoms with Crippen LogP contribution in [0.5, 0.6) is 0 Å². The number of nitrogens with one attached hydrogen (secondary N) is 2. The first-order valence-corrected chi connectivity index (χ1v) is 8.76. The van der Waals surface area contributed by atoms with Gasteiger partial charge in [-0.15, -0.1) is 0 Å². The predicted octanol–water partition coefficient (Wildman–Crippen LogP) is 4.21. The van der Waals surface area contributed by atoms with Crippen LogP contribution in [0.4, 0.5) is 32.8 Å². The lowest BCUT2D eigenvalue weighted by atomic mass is 10.2. The molecular formula is C19H18F4N4O2. The van der Waals surface area contributed by atoms with Crippen LogP contribution in [-0.4, -0.2) is 34.7 Å². The Morgan fingerprint density at radius 2 is 1.79 bits per heavy atom. The van der Waals surface area contributed by atoms with Crippen LogP contribution in [0.2, 0.25) is 0 Å². The van der Waals surface area contributed by atoms with Gasteiger partial charge in [0.1, 0.15) is 5.82 Å². The molecule has 0 saturated carbocycles. The molecule has 2 aromatic carbocycles. The monoisotopic (exact) mass is 410 g/mol. The minimum atomic E-state index is -4.53. The lowest BCUT2D eigenvalue weighted by Gasteiger charge is -2.41. The zero-order valence-electron chi connectivity index (χ0n) is 15.3. The maximum absolute atomic E-state index is 13.2. The standard InChI is InChI=1S/C19H18F4N4O2/c1-2-26-17(28)25-16(24-15-5-3-4-13(10-15)19(21,22)23)27(18(26)29)11-12-6-8-14(20)9-7-12/h3-10,16,24H,2,11H2,1H3,(H,25,28). The molecule has 1 unspecified atom stereocenters. The Hall–Kier alpha value is -3.30. The first-order valence-electron chi connectivity index (χ1n) is 8.76. The van der Waals surface area contributed by atoms with Crippen molar-refractivity contribution in [2.75, 3.05) is 11.9 Å². The van der Waals surface area contributed by atoms with Gasteiger partial charge in [0.15, 0.2) is 6.29 Å². The summed E-state index contributed by atoms with van der Waals surface area (Å²) in [5.74, 6) is -0.444. The molecule has 1 heterocycles.